The monoisotopic (exact) mass is 456 g/mol. The molecule has 6 nitrogen and oxygen atoms in total. The molecule has 0 aliphatic carbocycles. The predicted octanol–water partition coefficient (Wildman–Crippen LogP) is 5.09. The van der Waals surface area contributed by atoms with Crippen LogP contribution in [0.2, 0.25) is 5.02 Å². The third kappa shape index (κ3) is 3.91. The molecule has 1 fully saturated rings. The molecule has 11 heteroatoms. The van der Waals surface area contributed by atoms with Crippen molar-refractivity contribution < 1.29 is 27.5 Å². The van der Waals surface area contributed by atoms with Gasteiger partial charge in [-0.3, -0.25) is 4.68 Å². The smallest absolute Gasteiger partial charge is 0.434 e. The van der Waals surface area contributed by atoms with Crippen LogP contribution in [0.25, 0.3) is 10.9 Å². The molecule has 0 spiro atoms. The van der Waals surface area contributed by atoms with Crippen LogP contribution in [0.1, 0.15) is 40.6 Å². The number of carbonyl (C=O) groups is 1. The number of carboxylic acids is 1. The summed E-state index contributed by atoms with van der Waals surface area (Å²) in [5, 5.41) is 13.7. The van der Waals surface area contributed by atoms with Crippen molar-refractivity contribution in [1.82, 2.24) is 14.8 Å². The minimum atomic E-state index is -4.64. The molecule has 0 atom stereocenters. The Hall–Kier alpha value is -2.88. The summed E-state index contributed by atoms with van der Waals surface area (Å²) in [6, 6.07) is 4.97. The highest BCUT2D eigenvalue weighted by molar-refractivity contribution is 6.31. The van der Waals surface area contributed by atoms with Crippen LogP contribution in [0.3, 0.4) is 0 Å². The van der Waals surface area contributed by atoms with E-state index < -0.39 is 34.2 Å². The van der Waals surface area contributed by atoms with Gasteiger partial charge in [0.05, 0.1) is 27.8 Å². The second kappa shape index (κ2) is 7.67. The zero-order valence-corrected chi connectivity index (χ0v) is 17.0. The highest BCUT2D eigenvalue weighted by atomic mass is 35.5. The lowest BCUT2D eigenvalue weighted by Crippen LogP contribution is -2.35. The quantitative estimate of drug-likeness (QED) is 0.556. The van der Waals surface area contributed by atoms with Gasteiger partial charge in [0.1, 0.15) is 11.6 Å². The summed E-state index contributed by atoms with van der Waals surface area (Å²) in [4.78, 5) is 16.6. The van der Waals surface area contributed by atoms with Crippen LogP contribution in [0.5, 0.6) is 0 Å². The van der Waals surface area contributed by atoms with Gasteiger partial charge in [-0.05, 0) is 38.0 Å². The molecule has 0 unspecified atom stereocenters. The number of aryl methyl sites for hydroxylation is 1. The number of rotatable bonds is 3. The van der Waals surface area contributed by atoms with E-state index in [0.717, 1.165) is 0 Å². The predicted molar refractivity (Wildman–Crippen MR) is 106 cm³/mol. The molecular formula is C20H17ClF4N4O2. The largest absolute Gasteiger partial charge is 0.478 e. The van der Waals surface area contributed by atoms with Crippen LogP contribution < -0.4 is 4.90 Å². The van der Waals surface area contributed by atoms with Crippen molar-refractivity contribution in [3.05, 3.63) is 52.1 Å². The van der Waals surface area contributed by atoms with Gasteiger partial charge >= 0.3 is 12.1 Å². The number of halogens is 5. The maximum absolute atomic E-state index is 14.2. The minimum absolute atomic E-state index is 0.114. The minimum Gasteiger partial charge on any atom is -0.478 e. The molecule has 0 saturated carbocycles. The number of fused-ring (bicyclic) bond motifs is 1. The fourth-order valence-electron chi connectivity index (χ4n) is 3.90. The van der Waals surface area contributed by atoms with Gasteiger partial charge in [-0.15, -0.1) is 0 Å². The molecule has 1 aliphatic rings. The fourth-order valence-corrected chi connectivity index (χ4v) is 4.11. The molecule has 1 N–H and O–H groups in total. The zero-order valence-electron chi connectivity index (χ0n) is 16.2. The summed E-state index contributed by atoms with van der Waals surface area (Å²) in [5.74, 6) is -2.01. The Kier molecular flexibility index (Phi) is 5.28. The van der Waals surface area contributed by atoms with E-state index >= 15 is 0 Å². The Morgan fingerprint density at radius 1 is 1.23 bits per heavy atom. The van der Waals surface area contributed by atoms with E-state index in [9.17, 15) is 22.4 Å². The first-order valence-corrected chi connectivity index (χ1v) is 9.84. The van der Waals surface area contributed by atoms with Crippen molar-refractivity contribution in [2.45, 2.75) is 32.0 Å². The van der Waals surface area contributed by atoms with Gasteiger partial charge in [0.15, 0.2) is 5.69 Å². The number of hydrogen-bond donors (Lipinski definition) is 1. The lowest BCUT2D eigenvalue weighted by molar-refractivity contribution is -0.141. The number of anilines is 1. The van der Waals surface area contributed by atoms with Crippen LogP contribution in [-0.4, -0.2) is 38.9 Å². The Morgan fingerprint density at radius 3 is 2.52 bits per heavy atom. The van der Waals surface area contributed by atoms with Crippen molar-refractivity contribution >= 4 is 34.3 Å². The fraction of sp³-hybridized carbons (Fsp3) is 0.350. The number of alkyl halides is 3. The maximum atomic E-state index is 14.2. The van der Waals surface area contributed by atoms with E-state index in [4.69, 9.17) is 16.7 Å². The molecule has 1 saturated heterocycles. The third-order valence-corrected chi connectivity index (χ3v) is 5.75. The molecule has 0 bridgehead atoms. The number of carboxylic acid groups (broad SMARTS) is 1. The molecule has 4 rings (SSSR count). The van der Waals surface area contributed by atoms with E-state index in [-0.39, 0.29) is 11.9 Å². The Bertz CT molecular complexity index is 1170. The summed E-state index contributed by atoms with van der Waals surface area (Å²) >= 11 is 5.64. The van der Waals surface area contributed by atoms with E-state index in [1.807, 2.05) is 0 Å². The third-order valence-electron chi connectivity index (χ3n) is 5.44. The molecule has 1 aliphatic heterocycles. The molecule has 3 aromatic rings. The first-order chi connectivity index (χ1) is 14.6. The lowest BCUT2D eigenvalue weighted by Gasteiger charge is -2.33. The van der Waals surface area contributed by atoms with Gasteiger partial charge in [-0.1, -0.05) is 11.6 Å². The Morgan fingerprint density at radius 2 is 1.90 bits per heavy atom. The molecular weight excluding hydrogens is 440 g/mol. The lowest BCUT2D eigenvalue weighted by atomic mass is 10.0. The molecule has 2 aromatic heterocycles. The topological polar surface area (TPSA) is 71.2 Å². The van der Waals surface area contributed by atoms with Crippen LogP contribution >= 0.6 is 11.6 Å². The van der Waals surface area contributed by atoms with Crippen molar-refractivity contribution in [3.63, 3.8) is 0 Å². The summed E-state index contributed by atoms with van der Waals surface area (Å²) < 4.78 is 55.2. The number of pyridine rings is 1. The number of piperidine rings is 1. The normalized spacial score (nSPS) is 15.6. The van der Waals surface area contributed by atoms with E-state index in [0.29, 0.717) is 42.5 Å². The summed E-state index contributed by atoms with van der Waals surface area (Å²) in [6.45, 7) is 2.56. The van der Waals surface area contributed by atoms with Crippen LogP contribution in [0.4, 0.5) is 23.4 Å². The molecule has 3 heterocycles. The number of aromatic carboxylic acids is 1. The van der Waals surface area contributed by atoms with Gasteiger partial charge < -0.3 is 10.0 Å². The van der Waals surface area contributed by atoms with Crippen molar-refractivity contribution in [2.24, 2.45) is 0 Å². The average molecular weight is 457 g/mol. The number of hydrogen-bond acceptors (Lipinski definition) is 4. The number of aromatic nitrogens is 3. The van der Waals surface area contributed by atoms with Gasteiger partial charge in [0, 0.05) is 24.5 Å². The molecule has 1 aromatic carbocycles. The number of benzene rings is 1. The summed E-state index contributed by atoms with van der Waals surface area (Å²) in [6.07, 6.45) is -3.55. The number of nitrogens with zero attached hydrogens (tertiary/aromatic N) is 4. The van der Waals surface area contributed by atoms with Gasteiger partial charge in [0.2, 0.25) is 0 Å². The van der Waals surface area contributed by atoms with Crippen LogP contribution in [-0.2, 0) is 6.18 Å². The van der Waals surface area contributed by atoms with Gasteiger partial charge in [-0.25, -0.2) is 14.2 Å². The van der Waals surface area contributed by atoms with E-state index in [2.05, 4.69) is 10.1 Å². The van der Waals surface area contributed by atoms with Crippen LogP contribution in [0.15, 0.2) is 24.3 Å². The second-order valence-corrected chi connectivity index (χ2v) is 7.81. The zero-order chi connectivity index (χ0) is 22.5. The summed E-state index contributed by atoms with van der Waals surface area (Å²) in [5.41, 5.74) is -0.469. The van der Waals surface area contributed by atoms with Crippen molar-refractivity contribution in [3.8, 4) is 0 Å². The molecule has 0 amide bonds. The van der Waals surface area contributed by atoms with Gasteiger partial charge in [-0.2, -0.15) is 18.3 Å². The Balaban J connectivity index is 1.58. The average Bonchev–Trinajstić information content (AvgIpc) is 3.02. The molecule has 164 valence electrons. The highest BCUT2D eigenvalue weighted by Crippen LogP contribution is 2.36. The van der Waals surface area contributed by atoms with Crippen molar-refractivity contribution in [1.29, 1.82) is 0 Å². The first kappa shape index (κ1) is 21.4. The second-order valence-electron chi connectivity index (χ2n) is 7.40. The summed E-state index contributed by atoms with van der Waals surface area (Å²) in [7, 11) is 0. The van der Waals surface area contributed by atoms with E-state index in [1.54, 1.807) is 16.5 Å². The first-order valence-electron chi connectivity index (χ1n) is 9.46. The molecule has 0 radical (unpaired) electrons. The highest BCUT2D eigenvalue weighted by Gasteiger charge is 2.36. The SMILES string of the molecule is Cc1nn(C2CCN(c3ccc(Cl)c(C(F)(F)F)n3)CC2)c2cc(F)c(C(=O)O)cc12. The van der Waals surface area contributed by atoms with Crippen LogP contribution in [0, 0.1) is 12.7 Å². The van der Waals surface area contributed by atoms with Crippen molar-refractivity contribution in [2.75, 3.05) is 18.0 Å². The van der Waals surface area contributed by atoms with Gasteiger partial charge in [0.25, 0.3) is 0 Å². The molecule has 31 heavy (non-hydrogen) atoms. The maximum Gasteiger partial charge on any atom is 0.434 e. The Labute approximate surface area is 179 Å². The van der Waals surface area contributed by atoms with E-state index in [1.165, 1.54) is 24.3 Å². The standard InChI is InChI=1S/C20H17ClF4N4O2/c1-10-12-8-13(19(30)31)15(22)9-16(12)29(27-10)11-4-6-28(7-5-11)17-3-2-14(21)18(26-17)20(23,24)25/h2-3,8-9,11H,4-7H2,1H3,(H,30,31).